The summed E-state index contributed by atoms with van der Waals surface area (Å²) < 4.78 is 107. The van der Waals surface area contributed by atoms with Crippen LogP contribution in [0.25, 0.3) is 0 Å². The fourth-order valence-electron chi connectivity index (χ4n) is 5.30. The van der Waals surface area contributed by atoms with Crippen molar-refractivity contribution in [2.45, 2.75) is 71.1 Å². The Bertz CT molecular complexity index is 529. The van der Waals surface area contributed by atoms with Crippen LogP contribution in [0, 0.1) is 29.1 Å². The van der Waals surface area contributed by atoms with E-state index in [1.807, 2.05) is 6.92 Å². The van der Waals surface area contributed by atoms with E-state index in [1.54, 1.807) is 6.92 Å². The number of alkyl halides is 7. The lowest BCUT2D eigenvalue weighted by Crippen LogP contribution is -2.65. The van der Waals surface area contributed by atoms with Gasteiger partial charge in [0.15, 0.2) is 0 Å². The van der Waals surface area contributed by atoms with Gasteiger partial charge in [-0.05, 0) is 37.0 Å². The molecule has 2 fully saturated rings. The molecule has 2 rings (SSSR count). The Kier molecular flexibility index (Phi) is 5.68. The summed E-state index contributed by atoms with van der Waals surface area (Å²) in [6, 6.07) is 0. The van der Waals surface area contributed by atoms with Crippen molar-refractivity contribution in [3.8, 4) is 0 Å². The molecule has 2 saturated carbocycles. The lowest BCUT2D eigenvalue weighted by molar-refractivity contribution is -0.404. The van der Waals surface area contributed by atoms with Gasteiger partial charge in [0.25, 0.3) is 5.60 Å². The molecule has 0 radical (unpaired) electrons. The number of halogens is 7. The Labute approximate surface area is 154 Å². The van der Waals surface area contributed by atoms with Crippen LogP contribution in [-0.4, -0.2) is 37.0 Å². The molecule has 27 heavy (non-hydrogen) atoms. The van der Waals surface area contributed by atoms with Crippen molar-refractivity contribution in [1.82, 2.24) is 0 Å². The van der Waals surface area contributed by atoms with Gasteiger partial charge in [0.05, 0.1) is 0 Å². The molecule has 0 spiro atoms. The molecular weight excluding hydrogens is 381 g/mol. The molecule has 0 aromatic heterocycles. The third-order valence-electron chi connectivity index (χ3n) is 7.21. The average Bonchev–Trinajstić information content (AvgIpc) is 2.89. The summed E-state index contributed by atoms with van der Waals surface area (Å²) in [4.78, 5) is 0. The van der Waals surface area contributed by atoms with E-state index in [1.165, 1.54) is 20.8 Å². The summed E-state index contributed by atoms with van der Waals surface area (Å²) in [5.74, 6) is -1.44. The molecule has 0 N–H and O–H groups in total. The summed E-state index contributed by atoms with van der Waals surface area (Å²) in [7, 11) is 0. The monoisotopic (exact) mass is 408 g/mol. The summed E-state index contributed by atoms with van der Waals surface area (Å²) in [5.41, 5.74) is -8.62. The van der Waals surface area contributed by atoms with Gasteiger partial charge in [-0.15, -0.1) is 0 Å². The SMILES string of the molecule is CCOCOC(CC1(F)C2CC(C(C)C2C)C1(C)C)(C(F)(F)F)C(F)(F)F. The number of fused-ring (bicyclic) bond motifs is 2. The zero-order valence-electron chi connectivity index (χ0n) is 16.1. The number of ether oxygens (including phenoxy) is 2. The van der Waals surface area contributed by atoms with Gasteiger partial charge in [-0.3, -0.25) is 0 Å². The van der Waals surface area contributed by atoms with E-state index < -0.39 is 48.2 Å². The fourth-order valence-corrected chi connectivity index (χ4v) is 5.30. The van der Waals surface area contributed by atoms with Crippen molar-refractivity contribution in [2.24, 2.45) is 29.1 Å². The van der Waals surface area contributed by atoms with Gasteiger partial charge in [-0.2, -0.15) is 26.3 Å². The number of hydrogen-bond acceptors (Lipinski definition) is 2. The molecule has 5 unspecified atom stereocenters. The molecule has 2 bridgehead atoms. The summed E-state index contributed by atoms with van der Waals surface area (Å²) in [6.45, 7) is 6.50. The Morgan fingerprint density at radius 3 is 1.81 bits per heavy atom. The molecule has 0 saturated heterocycles. The van der Waals surface area contributed by atoms with Crippen LogP contribution in [0.3, 0.4) is 0 Å². The summed E-state index contributed by atoms with van der Waals surface area (Å²) >= 11 is 0. The minimum atomic E-state index is -5.84. The van der Waals surface area contributed by atoms with Crippen LogP contribution in [-0.2, 0) is 9.47 Å². The van der Waals surface area contributed by atoms with Gasteiger partial charge >= 0.3 is 12.4 Å². The normalized spacial score (nSPS) is 36.4. The highest BCUT2D eigenvalue weighted by molar-refractivity contribution is 5.19. The molecule has 9 heteroatoms. The van der Waals surface area contributed by atoms with Gasteiger partial charge < -0.3 is 9.47 Å². The smallest absolute Gasteiger partial charge is 0.356 e. The predicted molar refractivity (Wildman–Crippen MR) is 84.6 cm³/mol. The van der Waals surface area contributed by atoms with Crippen molar-refractivity contribution in [1.29, 1.82) is 0 Å². The van der Waals surface area contributed by atoms with E-state index in [9.17, 15) is 26.3 Å². The van der Waals surface area contributed by atoms with Crippen LogP contribution in [0.15, 0.2) is 0 Å². The molecule has 0 amide bonds. The molecule has 0 aromatic carbocycles. The van der Waals surface area contributed by atoms with Gasteiger partial charge in [-0.25, -0.2) is 4.39 Å². The Hall–Kier alpha value is -0.570. The van der Waals surface area contributed by atoms with Crippen LogP contribution < -0.4 is 0 Å². The standard InChI is InChI=1S/C18H27F7O2/c1-6-26-9-27-16(17(20,21)22,18(23,24)25)8-15(19)13-7-12(14(15,4)5)10(2)11(13)3/h10-13H,6-9H2,1-5H3. The minimum Gasteiger partial charge on any atom is -0.356 e. The Balaban J connectivity index is 2.51. The van der Waals surface area contributed by atoms with Crippen LogP contribution in [0.5, 0.6) is 0 Å². The maximum Gasteiger partial charge on any atom is 0.426 e. The van der Waals surface area contributed by atoms with Gasteiger partial charge in [0.2, 0.25) is 0 Å². The van der Waals surface area contributed by atoms with Crippen molar-refractivity contribution in [3.63, 3.8) is 0 Å². The third kappa shape index (κ3) is 3.16. The Morgan fingerprint density at radius 2 is 1.41 bits per heavy atom. The van der Waals surface area contributed by atoms with Crippen molar-refractivity contribution < 1.29 is 40.2 Å². The van der Waals surface area contributed by atoms with E-state index in [0.29, 0.717) is 0 Å². The van der Waals surface area contributed by atoms with Crippen LogP contribution in [0.1, 0.15) is 47.5 Å². The molecule has 0 aromatic rings. The highest BCUT2D eigenvalue weighted by Crippen LogP contribution is 2.70. The first-order valence-electron chi connectivity index (χ1n) is 9.11. The number of rotatable bonds is 6. The van der Waals surface area contributed by atoms with Crippen LogP contribution in [0.2, 0.25) is 0 Å². The molecule has 2 aliphatic carbocycles. The minimum absolute atomic E-state index is 0.0318. The molecule has 2 nitrogen and oxygen atoms in total. The predicted octanol–water partition coefficient (Wildman–Crippen LogP) is 5.91. The molecule has 0 aliphatic heterocycles. The maximum atomic E-state index is 16.2. The highest BCUT2D eigenvalue weighted by Gasteiger charge is 2.79. The van der Waals surface area contributed by atoms with Gasteiger partial charge in [0, 0.05) is 18.4 Å². The summed E-state index contributed by atoms with van der Waals surface area (Å²) in [6.07, 6.45) is -13.2. The van der Waals surface area contributed by atoms with E-state index in [0.717, 1.165) is 0 Å². The van der Waals surface area contributed by atoms with Crippen molar-refractivity contribution in [2.75, 3.05) is 13.4 Å². The average molecular weight is 408 g/mol. The van der Waals surface area contributed by atoms with E-state index >= 15 is 4.39 Å². The first-order valence-corrected chi connectivity index (χ1v) is 9.11. The molecule has 0 heterocycles. The lowest BCUT2D eigenvalue weighted by Gasteiger charge is -2.52. The van der Waals surface area contributed by atoms with Crippen molar-refractivity contribution in [3.05, 3.63) is 0 Å². The van der Waals surface area contributed by atoms with Crippen LogP contribution >= 0.6 is 0 Å². The first kappa shape index (κ1) is 22.7. The van der Waals surface area contributed by atoms with Gasteiger partial charge in [-0.1, -0.05) is 27.7 Å². The van der Waals surface area contributed by atoms with E-state index in [2.05, 4.69) is 9.47 Å². The zero-order valence-corrected chi connectivity index (χ0v) is 16.1. The molecule has 5 atom stereocenters. The fraction of sp³-hybridized carbons (Fsp3) is 1.00. The third-order valence-corrected chi connectivity index (χ3v) is 7.21. The first-order chi connectivity index (χ1) is 12.1. The van der Waals surface area contributed by atoms with Gasteiger partial charge in [0.1, 0.15) is 12.5 Å². The second-order valence-electron chi connectivity index (χ2n) is 8.51. The maximum absolute atomic E-state index is 16.2. The molecule has 160 valence electrons. The summed E-state index contributed by atoms with van der Waals surface area (Å²) in [5, 5.41) is 0. The quantitative estimate of drug-likeness (QED) is 0.309. The zero-order chi connectivity index (χ0) is 21.1. The highest BCUT2D eigenvalue weighted by atomic mass is 19.4. The lowest BCUT2D eigenvalue weighted by atomic mass is 9.57. The molecule has 2 aliphatic rings. The Morgan fingerprint density at radius 1 is 0.926 bits per heavy atom. The van der Waals surface area contributed by atoms with E-state index in [4.69, 9.17) is 0 Å². The van der Waals surface area contributed by atoms with E-state index in [-0.39, 0.29) is 30.8 Å². The topological polar surface area (TPSA) is 18.5 Å². The second-order valence-corrected chi connectivity index (χ2v) is 8.51. The van der Waals surface area contributed by atoms with Crippen LogP contribution in [0.4, 0.5) is 30.7 Å². The molecular formula is C18H27F7O2. The number of hydrogen-bond donors (Lipinski definition) is 0. The largest absolute Gasteiger partial charge is 0.426 e. The van der Waals surface area contributed by atoms with Crippen molar-refractivity contribution >= 4 is 0 Å². The second kappa shape index (κ2) is 6.75.